The van der Waals surface area contributed by atoms with Gasteiger partial charge in [-0.25, -0.2) is 9.97 Å². The lowest BCUT2D eigenvalue weighted by Gasteiger charge is -2.19. The van der Waals surface area contributed by atoms with Crippen molar-refractivity contribution in [3.05, 3.63) is 40.3 Å². The van der Waals surface area contributed by atoms with E-state index in [2.05, 4.69) is 9.97 Å². The Labute approximate surface area is 110 Å². The predicted molar refractivity (Wildman–Crippen MR) is 72.9 cm³/mol. The smallest absolute Gasteiger partial charge is 0.270 e. The summed E-state index contributed by atoms with van der Waals surface area (Å²) < 4.78 is 0. The van der Waals surface area contributed by atoms with Crippen molar-refractivity contribution in [3.8, 4) is 0 Å². The van der Waals surface area contributed by atoms with Crippen molar-refractivity contribution < 1.29 is 4.92 Å². The number of aromatic nitrogens is 2. The normalized spacial score (nSPS) is 14.3. The average Bonchev–Trinajstić information content (AvgIpc) is 2.38. The van der Waals surface area contributed by atoms with Crippen LogP contribution in [0, 0.1) is 10.1 Å². The maximum atomic E-state index is 10.9. The molecule has 6 heteroatoms. The number of nitrogens with zero attached hydrogens (tertiary/aromatic N) is 3. The molecule has 2 rings (SSSR count). The van der Waals surface area contributed by atoms with E-state index in [9.17, 15) is 10.1 Å². The molecule has 0 fully saturated rings. The minimum Gasteiger partial charge on any atom is -0.327 e. The molecule has 0 amide bonds. The zero-order valence-electron chi connectivity index (χ0n) is 10.9. The number of nitrogens with two attached hydrogens (primary N) is 1. The molecule has 0 bridgehead atoms. The molecular formula is C13H16N4O2. The Hall–Kier alpha value is -2.08. The highest BCUT2D eigenvalue weighted by atomic mass is 16.6. The second-order valence-electron chi connectivity index (χ2n) is 4.59. The van der Waals surface area contributed by atoms with Crippen molar-refractivity contribution >= 4 is 16.6 Å². The number of fused-ring (bicyclic) bond motifs is 1. The van der Waals surface area contributed by atoms with Gasteiger partial charge in [0.25, 0.3) is 5.69 Å². The third-order valence-corrected chi connectivity index (χ3v) is 3.29. The maximum Gasteiger partial charge on any atom is 0.270 e. The van der Waals surface area contributed by atoms with Crippen LogP contribution in [0.3, 0.4) is 0 Å². The van der Waals surface area contributed by atoms with E-state index in [4.69, 9.17) is 5.73 Å². The van der Waals surface area contributed by atoms with E-state index in [1.165, 1.54) is 18.5 Å². The summed E-state index contributed by atoms with van der Waals surface area (Å²) in [6, 6.07) is 4.55. The molecule has 1 heterocycles. The van der Waals surface area contributed by atoms with Gasteiger partial charge in [0.05, 0.1) is 16.1 Å². The Balaban J connectivity index is 2.66. The van der Waals surface area contributed by atoms with E-state index in [1.807, 2.05) is 13.8 Å². The molecule has 6 nitrogen and oxygen atoms in total. The van der Waals surface area contributed by atoms with Gasteiger partial charge in [-0.3, -0.25) is 10.1 Å². The minimum atomic E-state index is -0.414. The first-order valence-electron chi connectivity index (χ1n) is 6.19. The van der Waals surface area contributed by atoms with E-state index in [-0.39, 0.29) is 17.6 Å². The van der Waals surface area contributed by atoms with Gasteiger partial charge < -0.3 is 5.73 Å². The number of rotatable bonds is 4. The lowest BCUT2D eigenvalue weighted by atomic mass is 9.92. The molecule has 0 saturated heterocycles. The van der Waals surface area contributed by atoms with E-state index < -0.39 is 4.92 Å². The Morgan fingerprint density at radius 2 is 2.16 bits per heavy atom. The highest BCUT2D eigenvalue weighted by Crippen LogP contribution is 2.29. The number of nitro groups is 1. The topological polar surface area (TPSA) is 94.9 Å². The van der Waals surface area contributed by atoms with Gasteiger partial charge >= 0.3 is 0 Å². The first-order valence-corrected chi connectivity index (χ1v) is 6.19. The third-order valence-electron chi connectivity index (χ3n) is 3.29. The zero-order valence-corrected chi connectivity index (χ0v) is 10.9. The van der Waals surface area contributed by atoms with Crippen LogP contribution in [0.2, 0.25) is 0 Å². The summed E-state index contributed by atoms with van der Waals surface area (Å²) >= 11 is 0. The van der Waals surface area contributed by atoms with Crippen LogP contribution in [0.25, 0.3) is 10.9 Å². The monoisotopic (exact) mass is 260 g/mol. The van der Waals surface area contributed by atoms with Crippen LogP contribution in [0.4, 0.5) is 5.69 Å². The summed E-state index contributed by atoms with van der Waals surface area (Å²) in [7, 11) is 0. The molecular weight excluding hydrogens is 244 g/mol. The van der Waals surface area contributed by atoms with Gasteiger partial charge in [-0.2, -0.15) is 0 Å². The van der Waals surface area contributed by atoms with Gasteiger partial charge in [-0.15, -0.1) is 0 Å². The summed E-state index contributed by atoms with van der Waals surface area (Å²) in [4.78, 5) is 18.9. The number of non-ortho nitro benzene ring substituents is 1. The van der Waals surface area contributed by atoms with E-state index in [0.29, 0.717) is 10.9 Å². The Morgan fingerprint density at radius 1 is 1.42 bits per heavy atom. The molecule has 0 spiro atoms. The van der Waals surface area contributed by atoms with Gasteiger partial charge in [0.15, 0.2) is 0 Å². The average molecular weight is 260 g/mol. The van der Waals surface area contributed by atoms with Gasteiger partial charge in [-0.05, 0) is 19.4 Å². The highest BCUT2D eigenvalue weighted by Gasteiger charge is 2.20. The lowest BCUT2D eigenvalue weighted by molar-refractivity contribution is -0.384. The fraction of sp³-hybridized carbons (Fsp3) is 0.385. The van der Waals surface area contributed by atoms with E-state index in [0.717, 1.165) is 12.1 Å². The molecule has 2 atom stereocenters. The largest absolute Gasteiger partial charge is 0.327 e. The van der Waals surface area contributed by atoms with E-state index >= 15 is 0 Å². The van der Waals surface area contributed by atoms with Crippen LogP contribution in [0.5, 0.6) is 0 Å². The van der Waals surface area contributed by atoms with Gasteiger partial charge in [0, 0.05) is 29.5 Å². The maximum absolute atomic E-state index is 10.9. The van der Waals surface area contributed by atoms with Crippen molar-refractivity contribution in [1.29, 1.82) is 0 Å². The first-order chi connectivity index (χ1) is 9.04. The molecule has 0 aliphatic heterocycles. The number of nitro benzene ring substituents is 1. The second kappa shape index (κ2) is 5.27. The van der Waals surface area contributed by atoms with Crippen LogP contribution in [0.1, 0.15) is 31.9 Å². The van der Waals surface area contributed by atoms with Gasteiger partial charge in [-0.1, -0.05) is 6.92 Å². The van der Waals surface area contributed by atoms with Crippen LogP contribution < -0.4 is 5.73 Å². The minimum absolute atomic E-state index is 0.0445. The summed E-state index contributed by atoms with van der Waals surface area (Å²) in [6.45, 7) is 3.94. The first kappa shape index (κ1) is 13.4. The van der Waals surface area contributed by atoms with Crippen molar-refractivity contribution in [3.63, 3.8) is 0 Å². The van der Waals surface area contributed by atoms with Crippen LogP contribution >= 0.6 is 0 Å². The molecule has 100 valence electrons. The molecule has 2 unspecified atom stereocenters. The Bertz CT molecular complexity index is 613. The quantitative estimate of drug-likeness (QED) is 0.672. The van der Waals surface area contributed by atoms with Crippen LogP contribution in [-0.4, -0.2) is 20.9 Å². The summed E-state index contributed by atoms with van der Waals surface area (Å²) in [5, 5.41) is 11.6. The van der Waals surface area contributed by atoms with Gasteiger partial charge in [0.1, 0.15) is 6.33 Å². The Kier molecular flexibility index (Phi) is 3.71. The SMILES string of the molecule is CCC(c1ncnc2ccc([N+](=O)[O-])cc12)C(C)N. The zero-order chi connectivity index (χ0) is 14.0. The molecule has 0 aliphatic carbocycles. The molecule has 0 saturated carbocycles. The van der Waals surface area contributed by atoms with Crippen molar-refractivity contribution in [1.82, 2.24) is 9.97 Å². The fourth-order valence-electron chi connectivity index (χ4n) is 2.29. The molecule has 1 aromatic heterocycles. The van der Waals surface area contributed by atoms with Crippen molar-refractivity contribution in [2.24, 2.45) is 5.73 Å². The molecule has 0 radical (unpaired) electrons. The molecule has 19 heavy (non-hydrogen) atoms. The molecule has 2 aromatic rings. The molecule has 0 aliphatic rings. The predicted octanol–water partition coefficient (Wildman–Crippen LogP) is 2.38. The highest BCUT2D eigenvalue weighted by molar-refractivity contribution is 5.83. The number of hydrogen-bond acceptors (Lipinski definition) is 5. The summed E-state index contributed by atoms with van der Waals surface area (Å²) in [6.07, 6.45) is 2.31. The fourth-order valence-corrected chi connectivity index (χ4v) is 2.29. The summed E-state index contributed by atoms with van der Waals surface area (Å²) in [5.41, 5.74) is 7.51. The lowest BCUT2D eigenvalue weighted by Crippen LogP contribution is -2.25. The van der Waals surface area contributed by atoms with Crippen molar-refractivity contribution in [2.75, 3.05) is 0 Å². The number of hydrogen-bond donors (Lipinski definition) is 1. The third kappa shape index (κ3) is 2.53. The van der Waals surface area contributed by atoms with E-state index in [1.54, 1.807) is 6.07 Å². The molecule has 2 N–H and O–H groups in total. The van der Waals surface area contributed by atoms with Crippen LogP contribution in [-0.2, 0) is 0 Å². The standard InChI is InChI=1S/C13H16N4O2/c1-3-10(8(2)14)13-11-6-9(17(18)19)4-5-12(11)15-7-16-13/h4-8,10H,3,14H2,1-2H3. The molecule has 1 aromatic carbocycles. The Morgan fingerprint density at radius 3 is 2.74 bits per heavy atom. The summed E-state index contributed by atoms with van der Waals surface area (Å²) in [5.74, 6) is 0.0625. The van der Waals surface area contributed by atoms with Gasteiger partial charge in [0.2, 0.25) is 0 Å². The second-order valence-corrected chi connectivity index (χ2v) is 4.59. The van der Waals surface area contributed by atoms with Crippen molar-refractivity contribution in [2.45, 2.75) is 32.2 Å². The van der Waals surface area contributed by atoms with Crippen LogP contribution in [0.15, 0.2) is 24.5 Å². The number of benzene rings is 1.